The first-order chi connectivity index (χ1) is 11.5. The molecule has 2 fully saturated rings. The van der Waals surface area contributed by atoms with Crippen molar-refractivity contribution in [1.82, 2.24) is 9.80 Å². The van der Waals surface area contributed by atoms with Gasteiger partial charge in [0.2, 0.25) is 0 Å². The number of likely N-dealkylation sites (tertiary alicyclic amines) is 1. The van der Waals surface area contributed by atoms with Crippen LogP contribution in [-0.4, -0.2) is 75.4 Å². The fraction of sp³-hybridized carbons (Fsp3) is 0.588. The zero-order valence-corrected chi connectivity index (χ0v) is 14.3. The largest absolute Gasteiger partial charge is 0.493 e. The molecule has 1 amide bonds. The van der Waals surface area contributed by atoms with Crippen LogP contribution in [0.3, 0.4) is 0 Å². The van der Waals surface area contributed by atoms with Crippen molar-refractivity contribution in [2.24, 2.45) is 0 Å². The molecule has 3 rings (SSSR count). The number of ether oxygens (including phenoxy) is 3. The van der Waals surface area contributed by atoms with Gasteiger partial charge in [0.05, 0.1) is 38.5 Å². The Balaban J connectivity index is 1.81. The summed E-state index contributed by atoms with van der Waals surface area (Å²) in [6.07, 6.45) is 0.901. The second-order valence-corrected chi connectivity index (χ2v) is 6.18. The van der Waals surface area contributed by atoms with Gasteiger partial charge in [-0.05, 0) is 19.5 Å². The predicted molar refractivity (Wildman–Crippen MR) is 86.2 cm³/mol. The van der Waals surface area contributed by atoms with Gasteiger partial charge in [-0.15, -0.1) is 0 Å². The number of benzene rings is 1. The van der Waals surface area contributed by atoms with Gasteiger partial charge in [0.15, 0.2) is 11.5 Å². The molecule has 0 aromatic heterocycles. The lowest BCUT2D eigenvalue weighted by molar-refractivity contribution is -0.0893. The third-order valence-corrected chi connectivity index (χ3v) is 4.85. The van der Waals surface area contributed by atoms with Crippen molar-refractivity contribution < 1.29 is 23.4 Å². The van der Waals surface area contributed by atoms with Crippen molar-refractivity contribution in [2.75, 3.05) is 47.5 Å². The van der Waals surface area contributed by atoms with E-state index in [2.05, 4.69) is 4.90 Å². The van der Waals surface area contributed by atoms with E-state index in [1.165, 1.54) is 26.4 Å². The smallest absolute Gasteiger partial charge is 0.257 e. The molecule has 2 atom stereocenters. The number of hydrogen-bond acceptors (Lipinski definition) is 5. The van der Waals surface area contributed by atoms with E-state index in [9.17, 15) is 9.18 Å². The van der Waals surface area contributed by atoms with E-state index in [1.54, 1.807) is 4.90 Å². The number of fused-ring (bicyclic) bond motifs is 1. The first kappa shape index (κ1) is 17.0. The van der Waals surface area contributed by atoms with E-state index in [1.807, 2.05) is 7.05 Å². The number of nitrogens with zero attached hydrogens (tertiary/aromatic N) is 2. The summed E-state index contributed by atoms with van der Waals surface area (Å²) in [6.45, 7) is 2.65. The summed E-state index contributed by atoms with van der Waals surface area (Å²) in [5.41, 5.74) is 0.00507. The van der Waals surface area contributed by atoms with Crippen LogP contribution in [0.25, 0.3) is 0 Å². The number of hydrogen-bond donors (Lipinski definition) is 0. The molecule has 2 aliphatic rings. The van der Waals surface area contributed by atoms with E-state index in [0.717, 1.165) is 19.6 Å². The monoisotopic (exact) mass is 338 g/mol. The molecule has 7 heteroatoms. The van der Waals surface area contributed by atoms with Crippen molar-refractivity contribution >= 4 is 5.91 Å². The average molecular weight is 338 g/mol. The molecule has 0 spiro atoms. The Labute approximate surface area is 141 Å². The Bertz CT molecular complexity index is 625. The number of morpholine rings is 1. The van der Waals surface area contributed by atoms with Crippen LogP contribution in [0.15, 0.2) is 12.1 Å². The van der Waals surface area contributed by atoms with E-state index in [-0.39, 0.29) is 29.4 Å². The highest BCUT2D eigenvalue weighted by atomic mass is 19.1. The molecule has 2 saturated heterocycles. The van der Waals surface area contributed by atoms with Gasteiger partial charge < -0.3 is 19.1 Å². The molecule has 2 heterocycles. The quantitative estimate of drug-likeness (QED) is 0.834. The van der Waals surface area contributed by atoms with Crippen LogP contribution in [0, 0.1) is 5.82 Å². The van der Waals surface area contributed by atoms with Crippen LogP contribution in [0.4, 0.5) is 4.39 Å². The van der Waals surface area contributed by atoms with Crippen molar-refractivity contribution in [3.05, 3.63) is 23.5 Å². The average Bonchev–Trinajstić information content (AvgIpc) is 2.61. The Kier molecular flexibility index (Phi) is 4.91. The molecule has 2 aliphatic heterocycles. The maximum absolute atomic E-state index is 14.4. The Hall–Kier alpha value is -1.86. The van der Waals surface area contributed by atoms with Gasteiger partial charge in [0.1, 0.15) is 5.82 Å². The molecule has 0 aliphatic carbocycles. The Morgan fingerprint density at radius 3 is 2.67 bits per heavy atom. The number of methoxy groups -OCH3 is 2. The van der Waals surface area contributed by atoms with Crippen LogP contribution in [0.5, 0.6) is 11.5 Å². The molecule has 1 aromatic rings. The molecule has 0 N–H and O–H groups in total. The van der Waals surface area contributed by atoms with Crippen molar-refractivity contribution in [3.63, 3.8) is 0 Å². The summed E-state index contributed by atoms with van der Waals surface area (Å²) in [6, 6.07) is 2.75. The highest BCUT2D eigenvalue weighted by Crippen LogP contribution is 2.31. The summed E-state index contributed by atoms with van der Waals surface area (Å²) in [7, 11) is 4.93. The molecule has 0 unspecified atom stereocenters. The molecular weight excluding hydrogens is 315 g/mol. The zero-order valence-electron chi connectivity index (χ0n) is 14.3. The van der Waals surface area contributed by atoms with Gasteiger partial charge in [-0.2, -0.15) is 0 Å². The summed E-state index contributed by atoms with van der Waals surface area (Å²) in [5.74, 6) is -0.320. The lowest BCUT2D eigenvalue weighted by Crippen LogP contribution is -2.59. The van der Waals surface area contributed by atoms with E-state index in [4.69, 9.17) is 14.2 Å². The second-order valence-electron chi connectivity index (χ2n) is 6.18. The minimum Gasteiger partial charge on any atom is -0.493 e. The minimum atomic E-state index is -0.604. The Morgan fingerprint density at radius 2 is 1.96 bits per heavy atom. The molecule has 132 valence electrons. The lowest BCUT2D eigenvalue weighted by Gasteiger charge is -2.45. The number of rotatable bonds is 3. The number of carbonyl (C=O) groups excluding carboxylic acids is 1. The van der Waals surface area contributed by atoms with Gasteiger partial charge in [-0.25, -0.2) is 4.39 Å². The highest BCUT2D eigenvalue weighted by Gasteiger charge is 2.37. The number of amides is 1. The predicted octanol–water partition coefficient (Wildman–Crippen LogP) is 1.39. The number of carbonyl (C=O) groups is 1. The summed E-state index contributed by atoms with van der Waals surface area (Å²) in [4.78, 5) is 16.7. The van der Waals surface area contributed by atoms with Crippen molar-refractivity contribution in [3.8, 4) is 11.5 Å². The molecular formula is C17H23FN2O4. The van der Waals surface area contributed by atoms with Crippen molar-refractivity contribution in [1.29, 1.82) is 0 Å². The molecule has 6 nitrogen and oxygen atoms in total. The number of likely N-dealkylation sites (N-methyl/N-ethyl adjacent to an activating group) is 1. The SMILES string of the molecule is COc1cc(F)c(C(=O)N2CC[C@H]3OCCN(C)[C@@H]3C2)cc1OC. The van der Waals surface area contributed by atoms with Gasteiger partial charge in [-0.3, -0.25) is 9.69 Å². The minimum absolute atomic E-state index is 0.00507. The number of halogens is 1. The summed E-state index contributed by atoms with van der Waals surface area (Å²) >= 11 is 0. The lowest BCUT2D eigenvalue weighted by atomic mass is 9.98. The maximum atomic E-state index is 14.4. The summed E-state index contributed by atoms with van der Waals surface area (Å²) in [5, 5.41) is 0. The van der Waals surface area contributed by atoms with Gasteiger partial charge in [0.25, 0.3) is 5.91 Å². The Morgan fingerprint density at radius 1 is 1.25 bits per heavy atom. The maximum Gasteiger partial charge on any atom is 0.257 e. The molecule has 1 aromatic carbocycles. The third kappa shape index (κ3) is 3.06. The molecule has 0 radical (unpaired) electrons. The van der Waals surface area contributed by atoms with Crippen LogP contribution in [-0.2, 0) is 4.74 Å². The van der Waals surface area contributed by atoms with Gasteiger partial charge in [0, 0.05) is 25.7 Å². The van der Waals surface area contributed by atoms with Gasteiger partial charge in [-0.1, -0.05) is 0 Å². The fourth-order valence-electron chi connectivity index (χ4n) is 3.41. The molecule has 0 bridgehead atoms. The van der Waals surface area contributed by atoms with E-state index < -0.39 is 5.82 Å². The first-order valence-electron chi connectivity index (χ1n) is 8.07. The van der Waals surface area contributed by atoms with Crippen LogP contribution >= 0.6 is 0 Å². The van der Waals surface area contributed by atoms with Gasteiger partial charge >= 0.3 is 0 Å². The second kappa shape index (κ2) is 6.94. The topological polar surface area (TPSA) is 51.2 Å². The van der Waals surface area contributed by atoms with Crippen LogP contribution < -0.4 is 9.47 Å². The van der Waals surface area contributed by atoms with Crippen molar-refractivity contribution in [2.45, 2.75) is 18.6 Å². The summed E-state index contributed by atoms with van der Waals surface area (Å²) < 4.78 is 30.4. The third-order valence-electron chi connectivity index (χ3n) is 4.85. The zero-order chi connectivity index (χ0) is 17.3. The first-order valence-corrected chi connectivity index (χ1v) is 8.07. The fourth-order valence-corrected chi connectivity index (χ4v) is 3.41. The van der Waals surface area contributed by atoms with E-state index >= 15 is 0 Å². The van der Waals surface area contributed by atoms with Crippen LogP contribution in [0.2, 0.25) is 0 Å². The number of piperidine rings is 1. The normalized spacial score (nSPS) is 24.4. The van der Waals surface area contributed by atoms with Crippen LogP contribution in [0.1, 0.15) is 16.8 Å². The highest BCUT2D eigenvalue weighted by molar-refractivity contribution is 5.95. The molecule has 0 saturated carbocycles. The van der Waals surface area contributed by atoms with E-state index in [0.29, 0.717) is 18.8 Å². The molecule has 24 heavy (non-hydrogen) atoms. The standard InChI is InChI=1S/C17H23FN2O4/c1-19-6-7-24-14-4-5-20(10-13(14)19)17(21)11-8-15(22-2)16(23-3)9-12(11)18/h8-9,13-14H,4-7,10H2,1-3H3/t13-,14-/m1/s1.